The molecular formula is C15H23N3O. The van der Waals surface area contributed by atoms with Gasteiger partial charge in [-0.2, -0.15) is 0 Å². The summed E-state index contributed by atoms with van der Waals surface area (Å²) in [7, 11) is 2.13. The van der Waals surface area contributed by atoms with Gasteiger partial charge in [-0.3, -0.25) is 0 Å². The highest BCUT2D eigenvalue weighted by atomic mass is 16.3. The predicted molar refractivity (Wildman–Crippen MR) is 79.9 cm³/mol. The minimum absolute atomic E-state index is 0.226. The van der Waals surface area contributed by atoms with E-state index in [1.54, 1.807) is 0 Å². The number of likely N-dealkylation sites (tertiary alicyclic amines) is 1. The molecular weight excluding hydrogens is 238 g/mol. The van der Waals surface area contributed by atoms with Crippen LogP contribution in [-0.4, -0.2) is 36.2 Å². The normalized spacial score (nSPS) is 20.4. The van der Waals surface area contributed by atoms with E-state index in [-0.39, 0.29) is 5.88 Å². The standard InChI is InChI=1S/C15H23N3O/c1-3-11-4-5-12(10-14(11)16)15(19)17-13-6-8-18(2)9-7-13/h3-5,10,13,17,19H,6-9,16H2,1-2H3. The summed E-state index contributed by atoms with van der Waals surface area (Å²) in [5.74, 6) is 0.226. The molecule has 1 aliphatic rings. The van der Waals surface area contributed by atoms with Crippen LogP contribution < -0.4 is 21.5 Å². The Morgan fingerprint density at radius 1 is 1.42 bits per heavy atom. The maximum Gasteiger partial charge on any atom is 0.191 e. The van der Waals surface area contributed by atoms with Gasteiger partial charge in [0.25, 0.3) is 0 Å². The van der Waals surface area contributed by atoms with Gasteiger partial charge in [-0.25, -0.2) is 0 Å². The topological polar surface area (TPSA) is 61.5 Å². The lowest BCUT2D eigenvalue weighted by molar-refractivity contribution is 0.237. The first-order chi connectivity index (χ1) is 9.10. The van der Waals surface area contributed by atoms with Crippen molar-refractivity contribution in [3.05, 3.63) is 28.6 Å². The van der Waals surface area contributed by atoms with E-state index in [0.717, 1.165) is 36.4 Å². The van der Waals surface area contributed by atoms with Crippen LogP contribution in [0.2, 0.25) is 0 Å². The molecule has 0 aliphatic carbocycles. The van der Waals surface area contributed by atoms with Gasteiger partial charge in [-0.1, -0.05) is 12.1 Å². The van der Waals surface area contributed by atoms with Crippen molar-refractivity contribution in [1.82, 2.24) is 10.2 Å². The van der Waals surface area contributed by atoms with E-state index in [2.05, 4.69) is 17.3 Å². The summed E-state index contributed by atoms with van der Waals surface area (Å²) >= 11 is 0. The number of nitrogens with two attached hydrogens (primary N) is 1. The average Bonchev–Trinajstić information content (AvgIpc) is 2.41. The van der Waals surface area contributed by atoms with Gasteiger partial charge in [0.15, 0.2) is 5.88 Å². The van der Waals surface area contributed by atoms with Gasteiger partial charge >= 0.3 is 0 Å². The molecule has 4 nitrogen and oxygen atoms in total. The number of hydrogen-bond donors (Lipinski definition) is 3. The van der Waals surface area contributed by atoms with Crippen LogP contribution in [0.15, 0.2) is 18.2 Å². The van der Waals surface area contributed by atoms with Gasteiger partial charge in [0.2, 0.25) is 0 Å². The predicted octanol–water partition coefficient (Wildman–Crippen LogP) is 0.377. The van der Waals surface area contributed by atoms with Crippen LogP contribution in [0, 0.1) is 0 Å². The maximum absolute atomic E-state index is 10.2. The molecule has 0 aromatic heterocycles. The number of nitrogen functional groups attached to an aromatic ring is 1. The van der Waals surface area contributed by atoms with E-state index in [9.17, 15) is 5.11 Å². The lowest BCUT2D eigenvalue weighted by Crippen LogP contribution is -2.41. The number of anilines is 1. The van der Waals surface area contributed by atoms with Crippen molar-refractivity contribution >= 4 is 17.6 Å². The molecule has 19 heavy (non-hydrogen) atoms. The molecule has 104 valence electrons. The van der Waals surface area contributed by atoms with Crippen LogP contribution in [-0.2, 0) is 0 Å². The summed E-state index contributed by atoms with van der Waals surface area (Å²) in [4.78, 5) is 2.30. The first kappa shape index (κ1) is 13.7. The first-order valence-electron chi connectivity index (χ1n) is 6.80. The van der Waals surface area contributed by atoms with Gasteiger partial charge in [-0.05, 0) is 57.3 Å². The number of aliphatic hydroxyl groups excluding tert-OH is 1. The molecule has 0 spiro atoms. The van der Waals surface area contributed by atoms with E-state index in [1.165, 1.54) is 0 Å². The Kier molecular flexibility index (Phi) is 4.32. The number of hydrogen-bond acceptors (Lipinski definition) is 4. The molecule has 0 unspecified atom stereocenters. The third-order valence-corrected chi connectivity index (χ3v) is 3.73. The number of rotatable bonds is 2. The van der Waals surface area contributed by atoms with Crippen LogP contribution in [0.3, 0.4) is 0 Å². The van der Waals surface area contributed by atoms with E-state index < -0.39 is 0 Å². The van der Waals surface area contributed by atoms with Crippen molar-refractivity contribution < 1.29 is 5.11 Å². The first-order valence-corrected chi connectivity index (χ1v) is 6.80. The van der Waals surface area contributed by atoms with Crippen LogP contribution in [0.5, 0.6) is 0 Å². The zero-order chi connectivity index (χ0) is 13.8. The molecule has 0 amide bonds. The minimum atomic E-state index is 0.226. The second-order valence-electron chi connectivity index (χ2n) is 5.20. The molecule has 1 aromatic rings. The Morgan fingerprint density at radius 2 is 2.11 bits per heavy atom. The van der Waals surface area contributed by atoms with Crippen LogP contribution >= 0.6 is 0 Å². The fourth-order valence-electron chi connectivity index (χ4n) is 2.41. The summed E-state index contributed by atoms with van der Waals surface area (Å²) in [6.07, 6.45) is 4.06. The average molecular weight is 261 g/mol. The molecule has 0 bridgehead atoms. The van der Waals surface area contributed by atoms with Crippen molar-refractivity contribution in [3.63, 3.8) is 0 Å². The second kappa shape index (κ2) is 5.97. The summed E-state index contributed by atoms with van der Waals surface area (Å²) in [6, 6.07) is 5.97. The number of benzene rings is 1. The molecule has 4 N–H and O–H groups in total. The van der Waals surface area contributed by atoms with Gasteiger partial charge in [0, 0.05) is 16.9 Å². The fraction of sp³-hybridized carbons (Fsp3) is 0.467. The molecule has 0 atom stereocenters. The molecule has 1 aliphatic heterocycles. The monoisotopic (exact) mass is 261 g/mol. The van der Waals surface area contributed by atoms with E-state index >= 15 is 0 Å². The zero-order valence-electron chi connectivity index (χ0n) is 11.7. The molecule has 1 saturated heterocycles. The van der Waals surface area contributed by atoms with Gasteiger partial charge < -0.3 is 21.1 Å². The van der Waals surface area contributed by atoms with E-state index in [1.807, 2.05) is 31.2 Å². The zero-order valence-corrected chi connectivity index (χ0v) is 11.7. The van der Waals surface area contributed by atoms with Crippen molar-refractivity contribution in [2.75, 3.05) is 25.9 Å². The summed E-state index contributed by atoms with van der Waals surface area (Å²) in [5, 5.41) is 15.1. The van der Waals surface area contributed by atoms with Crippen molar-refractivity contribution in [2.24, 2.45) is 0 Å². The van der Waals surface area contributed by atoms with Gasteiger partial charge in [0.1, 0.15) is 0 Å². The lowest BCUT2D eigenvalue weighted by atomic mass is 10.1. The third-order valence-electron chi connectivity index (χ3n) is 3.73. The Bertz CT molecular complexity index is 545. The van der Waals surface area contributed by atoms with E-state index in [0.29, 0.717) is 11.7 Å². The molecule has 1 heterocycles. The van der Waals surface area contributed by atoms with Crippen LogP contribution in [0.25, 0.3) is 12.0 Å². The van der Waals surface area contributed by atoms with Crippen molar-refractivity contribution in [1.29, 1.82) is 0 Å². The molecule has 4 heteroatoms. The molecule has 1 aromatic carbocycles. The second-order valence-corrected chi connectivity index (χ2v) is 5.20. The smallest absolute Gasteiger partial charge is 0.191 e. The highest BCUT2D eigenvalue weighted by molar-refractivity contribution is 5.47. The highest BCUT2D eigenvalue weighted by Crippen LogP contribution is 2.09. The Hall–Kier alpha value is -1.68. The van der Waals surface area contributed by atoms with Gasteiger partial charge in [0.05, 0.1) is 0 Å². The minimum Gasteiger partial charge on any atom is -0.494 e. The Labute approximate surface area is 114 Å². The van der Waals surface area contributed by atoms with Crippen LogP contribution in [0.1, 0.15) is 19.8 Å². The molecule has 0 saturated carbocycles. The summed E-state index contributed by atoms with van der Waals surface area (Å²) < 4.78 is 0. The molecule has 0 radical (unpaired) electrons. The van der Waals surface area contributed by atoms with Crippen molar-refractivity contribution in [3.8, 4) is 0 Å². The maximum atomic E-state index is 10.2. The molecule has 2 rings (SSSR count). The SMILES string of the molecule is CC=c1ccc(=C(O)NC2CCN(C)CC2)cc1N. The highest BCUT2D eigenvalue weighted by Gasteiger charge is 2.16. The number of nitrogens with one attached hydrogen (secondary N) is 1. The fourth-order valence-corrected chi connectivity index (χ4v) is 2.41. The number of nitrogens with zero attached hydrogens (tertiary/aromatic N) is 1. The van der Waals surface area contributed by atoms with Gasteiger partial charge in [-0.15, -0.1) is 0 Å². The Morgan fingerprint density at radius 3 is 2.68 bits per heavy atom. The largest absolute Gasteiger partial charge is 0.494 e. The van der Waals surface area contributed by atoms with Crippen LogP contribution in [0.4, 0.5) is 5.69 Å². The third kappa shape index (κ3) is 3.41. The Balaban J connectivity index is 2.15. The number of piperidine rings is 1. The summed E-state index contributed by atoms with van der Waals surface area (Å²) in [5.41, 5.74) is 6.62. The molecule has 1 fully saturated rings. The van der Waals surface area contributed by atoms with E-state index in [4.69, 9.17) is 5.73 Å². The quantitative estimate of drug-likeness (QED) is 0.674. The number of aliphatic hydroxyl groups is 1. The lowest BCUT2D eigenvalue weighted by Gasteiger charge is -2.29. The summed E-state index contributed by atoms with van der Waals surface area (Å²) in [6.45, 7) is 4.08. The van der Waals surface area contributed by atoms with Crippen molar-refractivity contribution in [2.45, 2.75) is 25.8 Å².